The fourth-order valence-corrected chi connectivity index (χ4v) is 2.09. The molecule has 0 unspecified atom stereocenters. The number of hydrogen-bond donors (Lipinski definition) is 0. The minimum Gasteiger partial charge on any atom is -0.466 e. The lowest BCUT2D eigenvalue weighted by molar-refractivity contribution is -0.137. The van der Waals surface area contributed by atoms with Crippen molar-refractivity contribution in [1.29, 1.82) is 0 Å². The van der Waals surface area contributed by atoms with Crippen LogP contribution in [0.3, 0.4) is 0 Å². The Bertz CT molecular complexity index is 649. The van der Waals surface area contributed by atoms with Crippen LogP contribution in [-0.2, 0) is 15.5 Å². The molecule has 0 N–H and O–H groups in total. The second-order valence-electron chi connectivity index (χ2n) is 4.82. The van der Waals surface area contributed by atoms with E-state index in [0.29, 0.717) is 5.56 Å². The van der Waals surface area contributed by atoms with E-state index >= 15 is 0 Å². The Balaban J connectivity index is 2.31. The van der Waals surface area contributed by atoms with Crippen molar-refractivity contribution in [3.05, 3.63) is 77.4 Å². The Kier molecular flexibility index (Phi) is 5.04. The fourth-order valence-electron chi connectivity index (χ4n) is 2.09. The summed E-state index contributed by atoms with van der Waals surface area (Å²) in [6.07, 6.45) is 0.723. The molecule has 0 aliphatic heterocycles. The van der Waals surface area contributed by atoms with Crippen LogP contribution in [0.1, 0.15) is 17.5 Å². The molecule has 0 spiro atoms. The Labute approximate surface area is 128 Å². The molecule has 2 aromatic rings. The normalized spacial score (nSPS) is 12.0. The number of esters is 1. The number of halogens is 2. The summed E-state index contributed by atoms with van der Waals surface area (Å²) >= 11 is 0. The van der Waals surface area contributed by atoms with E-state index in [1.54, 1.807) is 42.5 Å². The zero-order valence-corrected chi connectivity index (χ0v) is 12.1. The average molecular weight is 302 g/mol. The van der Waals surface area contributed by atoms with E-state index in [1.807, 2.05) is 6.07 Å². The van der Waals surface area contributed by atoms with Crippen LogP contribution in [0.2, 0.25) is 0 Å². The van der Waals surface area contributed by atoms with Gasteiger partial charge in [0.2, 0.25) is 0 Å². The van der Waals surface area contributed by atoms with Gasteiger partial charge in [-0.25, -0.2) is 13.6 Å². The van der Waals surface area contributed by atoms with Crippen molar-refractivity contribution in [2.24, 2.45) is 0 Å². The van der Waals surface area contributed by atoms with Gasteiger partial charge in [0.25, 0.3) is 5.92 Å². The number of ether oxygens (including phenoxy) is 1. The van der Waals surface area contributed by atoms with Gasteiger partial charge in [0.05, 0.1) is 7.11 Å². The van der Waals surface area contributed by atoms with Gasteiger partial charge in [-0.05, 0) is 11.6 Å². The highest BCUT2D eigenvalue weighted by Gasteiger charge is 2.34. The molecule has 0 radical (unpaired) electrons. The molecule has 0 aromatic heterocycles. The first-order valence-electron chi connectivity index (χ1n) is 6.80. The Morgan fingerprint density at radius 1 is 1.05 bits per heavy atom. The topological polar surface area (TPSA) is 26.3 Å². The maximum Gasteiger partial charge on any atom is 0.333 e. The summed E-state index contributed by atoms with van der Waals surface area (Å²) < 4.78 is 33.3. The third-order valence-electron chi connectivity index (χ3n) is 3.20. The maximum atomic E-state index is 14.4. The van der Waals surface area contributed by atoms with E-state index in [1.165, 1.54) is 25.3 Å². The number of alkyl halides is 2. The minimum atomic E-state index is -3.14. The molecule has 2 rings (SSSR count). The van der Waals surface area contributed by atoms with Crippen molar-refractivity contribution in [2.45, 2.75) is 12.3 Å². The summed E-state index contributed by atoms with van der Waals surface area (Å²) in [7, 11) is 1.18. The fraction of sp³-hybridized carbons (Fsp3) is 0.167. The lowest BCUT2D eigenvalue weighted by Crippen LogP contribution is -2.18. The molecule has 114 valence electrons. The van der Waals surface area contributed by atoms with Crippen molar-refractivity contribution in [2.75, 3.05) is 7.11 Å². The van der Waals surface area contributed by atoms with Crippen LogP contribution in [0.5, 0.6) is 0 Å². The van der Waals surface area contributed by atoms with Crippen LogP contribution in [0.4, 0.5) is 8.78 Å². The largest absolute Gasteiger partial charge is 0.466 e. The predicted molar refractivity (Wildman–Crippen MR) is 81.4 cm³/mol. The van der Waals surface area contributed by atoms with Gasteiger partial charge in [0.1, 0.15) is 0 Å². The third-order valence-corrected chi connectivity index (χ3v) is 3.20. The van der Waals surface area contributed by atoms with E-state index in [4.69, 9.17) is 0 Å². The molecule has 0 saturated carbocycles. The standard InChI is InChI=1S/C18H16F2O2/c1-22-17(21)15(12-14-8-4-2-5-9-14)13-18(19,20)16-10-6-3-7-11-16/h2-12H,13H2,1H3/b15-12+. The van der Waals surface area contributed by atoms with Gasteiger partial charge < -0.3 is 4.74 Å². The third kappa shape index (κ3) is 4.01. The molecule has 22 heavy (non-hydrogen) atoms. The highest BCUT2D eigenvalue weighted by atomic mass is 19.3. The molecular weight excluding hydrogens is 286 g/mol. The molecule has 0 atom stereocenters. The molecule has 0 bridgehead atoms. The summed E-state index contributed by atoms with van der Waals surface area (Å²) in [4.78, 5) is 11.8. The van der Waals surface area contributed by atoms with Gasteiger partial charge >= 0.3 is 5.97 Å². The van der Waals surface area contributed by atoms with Crippen LogP contribution >= 0.6 is 0 Å². The first-order chi connectivity index (χ1) is 10.5. The molecule has 0 saturated heterocycles. The van der Waals surface area contributed by atoms with Crippen molar-refractivity contribution >= 4 is 12.0 Å². The second-order valence-corrected chi connectivity index (χ2v) is 4.82. The maximum absolute atomic E-state index is 14.4. The highest BCUT2D eigenvalue weighted by molar-refractivity contribution is 5.93. The Morgan fingerprint density at radius 2 is 1.59 bits per heavy atom. The molecule has 2 nitrogen and oxygen atoms in total. The van der Waals surface area contributed by atoms with Gasteiger partial charge in [-0.3, -0.25) is 0 Å². The molecule has 0 heterocycles. The molecule has 0 aliphatic carbocycles. The van der Waals surface area contributed by atoms with Crippen molar-refractivity contribution in [3.8, 4) is 0 Å². The van der Waals surface area contributed by atoms with Gasteiger partial charge in [0.15, 0.2) is 0 Å². The summed E-state index contributed by atoms with van der Waals surface area (Å²) in [5.74, 6) is -3.89. The van der Waals surface area contributed by atoms with Crippen molar-refractivity contribution in [1.82, 2.24) is 0 Å². The number of methoxy groups -OCH3 is 1. The van der Waals surface area contributed by atoms with E-state index in [0.717, 1.165) is 0 Å². The quantitative estimate of drug-likeness (QED) is 0.603. The van der Waals surface area contributed by atoms with Crippen molar-refractivity contribution in [3.63, 3.8) is 0 Å². The molecule has 0 amide bonds. The van der Waals surface area contributed by atoms with Crippen LogP contribution in [0.25, 0.3) is 6.08 Å². The highest BCUT2D eigenvalue weighted by Crippen LogP contribution is 2.35. The lowest BCUT2D eigenvalue weighted by Gasteiger charge is -2.17. The summed E-state index contributed by atoms with van der Waals surface area (Å²) in [6.45, 7) is 0. The lowest BCUT2D eigenvalue weighted by atomic mass is 9.98. The van der Waals surface area contributed by atoms with Crippen molar-refractivity contribution < 1.29 is 18.3 Å². The zero-order chi connectivity index (χ0) is 16.0. The molecular formula is C18H16F2O2. The molecule has 4 heteroatoms. The zero-order valence-electron chi connectivity index (χ0n) is 12.1. The second kappa shape index (κ2) is 6.98. The van der Waals surface area contributed by atoms with E-state index in [-0.39, 0.29) is 11.1 Å². The summed E-state index contributed by atoms with van der Waals surface area (Å²) in [6, 6.07) is 16.3. The number of benzene rings is 2. The van der Waals surface area contributed by atoms with E-state index < -0.39 is 18.3 Å². The molecule has 0 fully saturated rings. The minimum absolute atomic E-state index is 0.0671. The average Bonchev–Trinajstić information content (AvgIpc) is 2.55. The van der Waals surface area contributed by atoms with E-state index in [2.05, 4.69) is 4.74 Å². The van der Waals surface area contributed by atoms with Gasteiger partial charge in [-0.2, -0.15) is 0 Å². The smallest absolute Gasteiger partial charge is 0.333 e. The van der Waals surface area contributed by atoms with Crippen LogP contribution < -0.4 is 0 Å². The van der Waals surface area contributed by atoms with Crippen LogP contribution in [0.15, 0.2) is 66.2 Å². The number of hydrogen-bond acceptors (Lipinski definition) is 2. The molecule has 0 aliphatic rings. The van der Waals surface area contributed by atoms with Gasteiger partial charge in [0, 0.05) is 17.6 Å². The first kappa shape index (κ1) is 15.9. The van der Waals surface area contributed by atoms with Crippen LogP contribution in [-0.4, -0.2) is 13.1 Å². The summed E-state index contributed by atoms with van der Waals surface area (Å²) in [5.41, 5.74) is 0.479. The number of carbonyl (C=O) groups is 1. The SMILES string of the molecule is COC(=O)/C(=C/c1ccccc1)CC(F)(F)c1ccccc1. The van der Waals surface area contributed by atoms with Gasteiger partial charge in [-0.1, -0.05) is 60.7 Å². The molecule has 2 aromatic carbocycles. The Morgan fingerprint density at radius 3 is 2.14 bits per heavy atom. The number of rotatable bonds is 5. The number of carbonyl (C=O) groups excluding carboxylic acids is 1. The Hall–Kier alpha value is -2.49. The predicted octanol–water partition coefficient (Wildman–Crippen LogP) is 4.43. The first-order valence-corrected chi connectivity index (χ1v) is 6.80. The van der Waals surface area contributed by atoms with E-state index in [9.17, 15) is 13.6 Å². The monoisotopic (exact) mass is 302 g/mol. The van der Waals surface area contributed by atoms with Crippen LogP contribution in [0, 0.1) is 0 Å². The summed E-state index contributed by atoms with van der Waals surface area (Å²) in [5, 5.41) is 0. The van der Waals surface area contributed by atoms with Gasteiger partial charge in [-0.15, -0.1) is 0 Å².